The van der Waals surface area contributed by atoms with E-state index in [0.717, 1.165) is 35.5 Å². The van der Waals surface area contributed by atoms with Crippen LogP contribution in [0, 0.1) is 0 Å². The summed E-state index contributed by atoms with van der Waals surface area (Å²) in [5.74, 6) is -0.906. The van der Waals surface area contributed by atoms with Gasteiger partial charge in [0.1, 0.15) is 0 Å². The Morgan fingerprint density at radius 3 is 2.42 bits per heavy atom. The van der Waals surface area contributed by atoms with E-state index in [2.05, 4.69) is 40.2 Å². The number of carboxylic acid groups (broad SMARTS) is 1. The molecule has 5 heteroatoms. The number of carbonyl (C=O) groups is 1. The Labute approximate surface area is 153 Å². The number of allylic oxidation sites excluding steroid dienone is 3. The number of nitrogens with one attached hydrogen (secondary N) is 3. The van der Waals surface area contributed by atoms with Gasteiger partial charge in [0.15, 0.2) is 0 Å². The fraction of sp³-hybridized carbons (Fsp3) is 0.190. The van der Waals surface area contributed by atoms with Gasteiger partial charge in [0.05, 0.1) is 12.2 Å². The Balaban J connectivity index is 1.49. The van der Waals surface area contributed by atoms with Crippen molar-refractivity contribution in [3.63, 3.8) is 0 Å². The third-order valence-electron chi connectivity index (χ3n) is 4.14. The zero-order valence-corrected chi connectivity index (χ0v) is 14.5. The number of rotatable bonds is 8. The molecule has 134 valence electrons. The van der Waals surface area contributed by atoms with Crippen molar-refractivity contribution < 1.29 is 9.90 Å². The predicted molar refractivity (Wildman–Crippen MR) is 105 cm³/mol. The maximum Gasteiger partial charge on any atom is 0.335 e. The van der Waals surface area contributed by atoms with Crippen LogP contribution in [0.4, 0.5) is 11.4 Å². The van der Waals surface area contributed by atoms with Gasteiger partial charge in [-0.2, -0.15) is 0 Å². The minimum atomic E-state index is -0.906. The minimum absolute atomic E-state index is 0.301. The van der Waals surface area contributed by atoms with Crippen molar-refractivity contribution in [2.24, 2.45) is 0 Å². The van der Waals surface area contributed by atoms with Crippen molar-refractivity contribution in [3.05, 3.63) is 83.6 Å². The van der Waals surface area contributed by atoms with Crippen LogP contribution in [0.25, 0.3) is 0 Å². The maximum absolute atomic E-state index is 10.9. The van der Waals surface area contributed by atoms with Crippen LogP contribution in [-0.4, -0.2) is 17.7 Å². The third-order valence-corrected chi connectivity index (χ3v) is 4.14. The molecule has 3 rings (SSSR count). The first-order valence-electron chi connectivity index (χ1n) is 8.71. The van der Waals surface area contributed by atoms with Crippen LogP contribution in [0.1, 0.15) is 28.8 Å². The maximum atomic E-state index is 10.9. The van der Waals surface area contributed by atoms with Crippen LogP contribution < -0.4 is 16.0 Å². The summed E-state index contributed by atoms with van der Waals surface area (Å²) in [5.41, 5.74) is 4.53. The molecule has 0 aromatic heterocycles. The summed E-state index contributed by atoms with van der Waals surface area (Å²) in [5, 5.41) is 19.0. The van der Waals surface area contributed by atoms with Crippen molar-refractivity contribution in [3.8, 4) is 0 Å². The van der Waals surface area contributed by atoms with Gasteiger partial charge in [0.2, 0.25) is 0 Å². The predicted octanol–water partition coefficient (Wildman–Crippen LogP) is 4.19. The van der Waals surface area contributed by atoms with Crippen molar-refractivity contribution in [2.75, 3.05) is 17.3 Å². The lowest BCUT2D eigenvalue weighted by Crippen LogP contribution is -2.21. The van der Waals surface area contributed by atoms with Crippen LogP contribution in [0.3, 0.4) is 0 Å². The Kier molecular flexibility index (Phi) is 5.93. The summed E-state index contributed by atoms with van der Waals surface area (Å²) in [6.07, 6.45) is 8.70. The van der Waals surface area contributed by atoms with Gasteiger partial charge in [-0.3, -0.25) is 0 Å². The van der Waals surface area contributed by atoms with E-state index in [0.29, 0.717) is 18.8 Å². The van der Waals surface area contributed by atoms with E-state index in [-0.39, 0.29) is 0 Å². The summed E-state index contributed by atoms with van der Waals surface area (Å²) in [7, 11) is 0. The third kappa shape index (κ3) is 5.14. The van der Waals surface area contributed by atoms with E-state index in [9.17, 15) is 4.79 Å². The van der Waals surface area contributed by atoms with Crippen LogP contribution in [0.5, 0.6) is 0 Å². The highest BCUT2D eigenvalue weighted by atomic mass is 16.4. The van der Waals surface area contributed by atoms with Gasteiger partial charge in [0.25, 0.3) is 0 Å². The van der Waals surface area contributed by atoms with Gasteiger partial charge in [0, 0.05) is 23.6 Å². The van der Waals surface area contributed by atoms with Gasteiger partial charge in [-0.25, -0.2) is 4.79 Å². The minimum Gasteiger partial charge on any atom is -0.478 e. The largest absolute Gasteiger partial charge is 0.478 e. The molecule has 0 atom stereocenters. The van der Waals surface area contributed by atoms with Crippen molar-refractivity contribution in [1.29, 1.82) is 0 Å². The molecule has 0 bridgehead atoms. The highest BCUT2D eigenvalue weighted by Gasteiger charge is 2.02. The molecule has 2 aromatic rings. The highest BCUT2D eigenvalue weighted by molar-refractivity contribution is 5.87. The van der Waals surface area contributed by atoms with Crippen molar-refractivity contribution >= 4 is 17.3 Å². The Bertz CT molecular complexity index is 810. The average Bonchev–Trinajstić information content (AvgIpc) is 2.68. The molecule has 0 heterocycles. The van der Waals surface area contributed by atoms with E-state index in [4.69, 9.17) is 5.11 Å². The molecule has 4 N–H and O–H groups in total. The summed E-state index contributed by atoms with van der Waals surface area (Å²) in [6, 6.07) is 15.0. The standard InChI is InChI=1S/C21H23N3O2/c25-21(26)17-11-9-16(10-12-17)14-22-19-7-4-8-20(13-19)24-15-23-18-5-2-1-3-6-18/h2,4-13,22-24H,1,3,14-15H2,(H,25,26). The molecule has 0 spiro atoms. The smallest absolute Gasteiger partial charge is 0.335 e. The molecule has 0 fully saturated rings. The van der Waals surface area contributed by atoms with Gasteiger partial charge in [-0.1, -0.05) is 30.4 Å². The first-order chi connectivity index (χ1) is 12.7. The highest BCUT2D eigenvalue weighted by Crippen LogP contribution is 2.16. The second-order valence-electron chi connectivity index (χ2n) is 6.11. The number of hydrogen-bond acceptors (Lipinski definition) is 4. The fourth-order valence-electron chi connectivity index (χ4n) is 2.70. The second-order valence-corrected chi connectivity index (χ2v) is 6.11. The molecule has 0 saturated carbocycles. The molecule has 0 radical (unpaired) electrons. The molecular formula is C21H23N3O2. The average molecular weight is 349 g/mol. The van der Waals surface area contributed by atoms with E-state index in [1.807, 2.05) is 30.3 Å². The number of aromatic carboxylic acids is 1. The molecule has 2 aromatic carbocycles. The Morgan fingerprint density at radius 2 is 1.73 bits per heavy atom. The SMILES string of the molecule is O=C(O)c1ccc(CNc2cccc(NCNC3=CCCC=C3)c2)cc1. The molecule has 1 aliphatic carbocycles. The molecule has 0 saturated heterocycles. The van der Waals surface area contributed by atoms with Gasteiger partial charge in [-0.05, 0) is 54.8 Å². The lowest BCUT2D eigenvalue weighted by molar-refractivity contribution is 0.0697. The Hall–Kier alpha value is -3.21. The first kappa shape index (κ1) is 17.6. The van der Waals surface area contributed by atoms with Crippen molar-refractivity contribution in [2.45, 2.75) is 19.4 Å². The molecule has 5 nitrogen and oxygen atoms in total. The number of anilines is 2. The van der Waals surface area contributed by atoms with Gasteiger partial charge < -0.3 is 21.1 Å². The summed E-state index contributed by atoms with van der Waals surface area (Å²) in [6.45, 7) is 1.30. The fourth-order valence-corrected chi connectivity index (χ4v) is 2.70. The van der Waals surface area contributed by atoms with Gasteiger partial charge in [-0.15, -0.1) is 0 Å². The summed E-state index contributed by atoms with van der Waals surface area (Å²) >= 11 is 0. The molecule has 0 unspecified atom stereocenters. The molecule has 0 amide bonds. The number of hydrogen-bond donors (Lipinski definition) is 4. The van der Waals surface area contributed by atoms with E-state index in [1.165, 1.54) is 0 Å². The van der Waals surface area contributed by atoms with Crippen LogP contribution in [0.2, 0.25) is 0 Å². The lowest BCUT2D eigenvalue weighted by Gasteiger charge is -2.13. The quantitative estimate of drug-likeness (QED) is 0.538. The number of benzene rings is 2. The number of carboxylic acids is 1. The topological polar surface area (TPSA) is 73.4 Å². The molecular weight excluding hydrogens is 326 g/mol. The zero-order valence-electron chi connectivity index (χ0n) is 14.5. The molecule has 26 heavy (non-hydrogen) atoms. The van der Waals surface area contributed by atoms with Crippen LogP contribution in [-0.2, 0) is 6.54 Å². The first-order valence-corrected chi connectivity index (χ1v) is 8.71. The van der Waals surface area contributed by atoms with E-state index < -0.39 is 5.97 Å². The lowest BCUT2D eigenvalue weighted by atomic mass is 10.1. The summed E-state index contributed by atoms with van der Waals surface area (Å²) < 4.78 is 0. The Morgan fingerprint density at radius 1 is 0.962 bits per heavy atom. The monoisotopic (exact) mass is 349 g/mol. The second kappa shape index (κ2) is 8.76. The summed E-state index contributed by atoms with van der Waals surface area (Å²) in [4.78, 5) is 10.9. The molecule has 1 aliphatic rings. The van der Waals surface area contributed by atoms with Crippen molar-refractivity contribution in [1.82, 2.24) is 5.32 Å². The van der Waals surface area contributed by atoms with E-state index in [1.54, 1.807) is 12.1 Å². The van der Waals surface area contributed by atoms with Crippen LogP contribution >= 0.6 is 0 Å². The van der Waals surface area contributed by atoms with Gasteiger partial charge >= 0.3 is 5.97 Å². The molecule has 0 aliphatic heterocycles. The van der Waals surface area contributed by atoms with E-state index >= 15 is 0 Å². The zero-order chi connectivity index (χ0) is 18.2. The van der Waals surface area contributed by atoms with Crippen LogP contribution in [0.15, 0.2) is 72.5 Å². The normalized spacial score (nSPS) is 13.0.